The quantitative estimate of drug-likeness (QED) is 0.371. The number of carboxylic acid groups (broad SMARTS) is 1. The Kier molecular flexibility index (Phi) is 7.09. The van der Waals surface area contributed by atoms with Gasteiger partial charge in [0.15, 0.2) is 53.3 Å². The largest absolute Gasteiger partial charge is 0.478 e. The molecule has 0 unspecified atom stereocenters. The maximum absolute atomic E-state index is 13.5. The maximum atomic E-state index is 13.5. The normalized spacial score (nSPS) is 17.1. The van der Waals surface area contributed by atoms with Gasteiger partial charge in [-0.05, 0) is 59.0 Å². The first-order valence-electron chi connectivity index (χ1n) is 11.8. The third-order valence-electron chi connectivity index (χ3n) is 7.66. The van der Waals surface area contributed by atoms with Crippen molar-refractivity contribution in [2.24, 2.45) is 0 Å². The van der Waals surface area contributed by atoms with Gasteiger partial charge in [0.1, 0.15) is 0 Å². The van der Waals surface area contributed by atoms with Gasteiger partial charge in [0, 0.05) is 36.1 Å². The highest BCUT2D eigenvalue weighted by Gasteiger charge is 2.64. The van der Waals surface area contributed by atoms with Crippen LogP contribution < -0.4 is 0 Å². The van der Waals surface area contributed by atoms with Gasteiger partial charge in [-0.2, -0.15) is 0 Å². The molecule has 0 aromatic heterocycles. The Hall–Kier alpha value is -3.14. The summed E-state index contributed by atoms with van der Waals surface area (Å²) in [6.07, 6.45) is 1.04. The first-order valence-corrected chi connectivity index (χ1v) is 19.4. The van der Waals surface area contributed by atoms with Crippen LogP contribution in [0.2, 0.25) is 0 Å². The summed E-state index contributed by atoms with van der Waals surface area (Å²) in [5.74, 6) is -1.83. The molecule has 0 radical (unpaired) electrons. The molecule has 1 aliphatic carbocycles. The van der Waals surface area contributed by atoms with Gasteiger partial charge in [0.2, 0.25) is 0 Å². The molecule has 0 saturated heterocycles. The van der Waals surface area contributed by atoms with Crippen LogP contribution in [0, 0.1) is 0 Å². The molecular weight excluding hydrogens is 617 g/mol. The zero-order valence-electron chi connectivity index (χ0n) is 22.3. The van der Waals surface area contributed by atoms with Gasteiger partial charge in [-0.15, -0.1) is 0 Å². The van der Waals surface area contributed by atoms with Gasteiger partial charge in [-0.1, -0.05) is 30.3 Å². The lowest BCUT2D eigenvalue weighted by molar-refractivity contribution is 0.0696. The van der Waals surface area contributed by atoms with Crippen molar-refractivity contribution in [3.63, 3.8) is 0 Å². The summed E-state index contributed by atoms with van der Waals surface area (Å²) in [7, 11) is -18.3. The molecule has 0 spiro atoms. The molecule has 3 aromatic rings. The standard InChI is InChI=1S/C26H26O11S4/c1-38(30,31)25(39(2,32)33)12-13-26(40(3,34)35,41(4,36)37)22-15-20-18(14-21(22)25)6-5-7-19(20)23(27)16-8-10-17(11-9-16)24(28)29/h5-11,14-15H,12-13H2,1-4H3,(H,28,29). The predicted octanol–water partition coefficient (Wildman–Crippen LogP) is 2.05. The highest BCUT2D eigenvalue weighted by Crippen LogP contribution is 2.56. The Balaban J connectivity index is 2.20. The Morgan fingerprint density at radius 3 is 1.46 bits per heavy atom. The van der Waals surface area contributed by atoms with E-state index in [-0.39, 0.29) is 27.5 Å². The second-order valence-electron chi connectivity index (χ2n) is 10.2. The molecule has 0 bridgehead atoms. The van der Waals surface area contributed by atoms with Crippen LogP contribution in [0.15, 0.2) is 54.6 Å². The number of fused-ring (bicyclic) bond motifs is 2. The van der Waals surface area contributed by atoms with Crippen LogP contribution in [0.25, 0.3) is 10.8 Å². The number of hydrogen-bond donors (Lipinski definition) is 1. The van der Waals surface area contributed by atoms with E-state index in [1.165, 1.54) is 42.5 Å². The Bertz CT molecular complexity index is 2010. The van der Waals surface area contributed by atoms with Crippen molar-refractivity contribution >= 4 is 61.9 Å². The van der Waals surface area contributed by atoms with Gasteiger partial charge in [-0.25, -0.2) is 38.5 Å². The van der Waals surface area contributed by atoms with E-state index < -0.39 is 83.2 Å². The van der Waals surface area contributed by atoms with Crippen molar-refractivity contribution in [2.75, 3.05) is 25.0 Å². The number of carboxylic acids is 1. The first-order chi connectivity index (χ1) is 18.6. The molecule has 220 valence electrons. The van der Waals surface area contributed by atoms with E-state index >= 15 is 0 Å². The van der Waals surface area contributed by atoms with Gasteiger partial charge in [0.05, 0.1) is 5.56 Å². The number of aromatic carboxylic acids is 1. The summed E-state index contributed by atoms with van der Waals surface area (Å²) in [5, 5.41) is 9.36. The van der Waals surface area contributed by atoms with Crippen molar-refractivity contribution in [1.29, 1.82) is 0 Å². The second-order valence-corrected chi connectivity index (χ2v) is 19.7. The number of sulfone groups is 4. The monoisotopic (exact) mass is 642 g/mol. The lowest BCUT2D eigenvalue weighted by Crippen LogP contribution is -2.54. The van der Waals surface area contributed by atoms with Crippen LogP contribution >= 0.6 is 0 Å². The van der Waals surface area contributed by atoms with Gasteiger partial charge >= 0.3 is 5.97 Å². The summed E-state index contributed by atoms with van der Waals surface area (Å²) >= 11 is 0. The first kappa shape index (κ1) is 30.8. The molecule has 0 aliphatic heterocycles. The number of benzene rings is 3. The topological polar surface area (TPSA) is 191 Å². The summed E-state index contributed by atoms with van der Waals surface area (Å²) in [4.78, 5) is 24.7. The highest BCUT2D eigenvalue weighted by molar-refractivity contribution is 8.10. The van der Waals surface area contributed by atoms with Crippen LogP contribution in [-0.2, 0) is 47.5 Å². The van der Waals surface area contributed by atoms with E-state index in [0.29, 0.717) is 25.0 Å². The van der Waals surface area contributed by atoms with E-state index in [9.17, 15) is 43.3 Å². The van der Waals surface area contributed by atoms with Crippen LogP contribution in [0.3, 0.4) is 0 Å². The van der Waals surface area contributed by atoms with Crippen molar-refractivity contribution < 1.29 is 48.4 Å². The summed E-state index contributed by atoms with van der Waals surface area (Å²) in [6.45, 7) is 0. The minimum atomic E-state index is -4.58. The molecule has 15 heteroatoms. The van der Waals surface area contributed by atoms with Crippen molar-refractivity contribution in [3.05, 3.63) is 82.4 Å². The Labute approximate surface area is 237 Å². The van der Waals surface area contributed by atoms with Crippen LogP contribution in [0.5, 0.6) is 0 Å². The molecule has 11 nitrogen and oxygen atoms in total. The number of rotatable bonds is 7. The van der Waals surface area contributed by atoms with E-state index in [1.54, 1.807) is 0 Å². The average Bonchev–Trinajstić information content (AvgIpc) is 2.83. The van der Waals surface area contributed by atoms with Gasteiger partial charge < -0.3 is 5.11 Å². The molecule has 4 rings (SSSR count). The number of carbonyl (C=O) groups excluding carboxylic acids is 1. The fraction of sp³-hybridized carbons (Fsp3) is 0.308. The third kappa shape index (κ3) is 4.49. The number of ketones is 1. The van der Waals surface area contributed by atoms with Crippen LogP contribution in [0.4, 0.5) is 0 Å². The zero-order valence-corrected chi connectivity index (χ0v) is 25.5. The SMILES string of the molecule is CS(=O)(=O)C1(S(C)(=O)=O)CCC(S(C)(=O)=O)(S(C)(=O)=O)c2cc3c(C(=O)c4ccc(C(=O)O)cc4)cccc3cc21. The second kappa shape index (κ2) is 9.44. The lowest BCUT2D eigenvalue weighted by Gasteiger charge is -2.44. The molecular formula is C26H26O11S4. The van der Waals surface area contributed by atoms with E-state index in [1.807, 2.05) is 0 Å². The molecule has 3 aromatic carbocycles. The van der Waals surface area contributed by atoms with Crippen LogP contribution in [-0.4, -0.2) is 75.6 Å². The summed E-state index contributed by atoms with van der Waals surface area (Å²) in [5.41, 5.74) is -1.10. The van der Waals surface area contributed by atoms with E-state index in [0.717, 1.165) is 12.1 Å². The molecule has 1 N–H and O–H groups in total. The number of hydrogen-bond acceptors (Lipinski definition) is 10. The number of carbonyl (C=O) groups is 2. The fourth-order valence-electron chi connectivity index (χ4n) is 5.76. The highest BCUT2D eigenvalue weighted by atomic mass is 32.3. The molecule has 0 atom stereocenters. The summed E-state index contributed by atoms with van der Waals surface area (Å²) < 4.78 is 101. The van der Waals surface area contributed by atoms with E-state index in [2.05, 4.69) is 0 Å². The zero-order chi connectivity index (χ0) is 31.0. The van der Waals surface area contributed by atoms with Crippen molar-refractivity contribution in [3.8, 4) is 0 Å². The molecule has 1 aliphatic rings. The van der Waals surface area contributed by atoms with Crippen molar-refractivity contribution in [1.82, 2.24) is 0 Å². The minimum Gasteiger partial charge on any atom is -0.478 e. The Morgan fingerprint density at radius 1 is 0.634 bits per heavy atom. The Morgan fingerprint density at radius 2 is 1.05 bits per heavy atom. The molecule has 0 amide bonds. The molecule has 41 heavy (non-hydrogen) atoms. The molecule has 0 saturated carbocycles. The lowest BCUT2D eigenvalue weighted by atomic mass is 9.85. The smallest absolute Gasteiger partial charge is 0.335 e. The van der Waals surface area contributed by atoms with Crippen LogP contribution in [0.1, 0.15) is 50.2 Å². The minimum absolute atomic E-state index is 0.0286. The van der Waals surface area contributed by atoms with Gasteiger partial charge in [-0.3, -0.25) is 4.79 Å². The average molecular weight is 643 g/mol. The molecule has 0 fully saturated rings. The predicted molar refractivity (Wildman–Crippen MR) is 153 cm³/mol. The third-order valence-corrected chi connectivity index (χ3v) is 17.8. The molecule has 0 heterocycles. The van der Waals surface area contributed by atoms with Crippen molar-refractivity contribution in [2.45, 2.75) is 21.0 Å². The van der Waals surface area contributed by atoms with Gasteiger partial charge in [0.25, 0.3) is 0 Å². The fourth-order valence-corrected chi connectivity index (χ4v) is 14.3. The van der Waals surface area contributed by atoms with E-state index in [4.69, 9.17) is 5.11 Å². The summed E-state index contributed by atoms with van der Waals surface area (Å²) in [6, 6.07) is 11.5. The maximum Gasteiger partial charge on any atom is 0.335 e.